The Balaban J connectivity index is 0.000000914. The van der Waals surface area contributed by atoms with Gasteiger partial charge in [-0.25, -0.2) is 0 Å². The van der Waals surface area contributed by atoms with Gasteiger partial charge >= 0.3 is 0 Å². The van der Waals surface area contributed by atoms with Crippen LogP contribution in [0.2, 0.25) is 0 Å². The van der Waals surface area contributed by atoms with Gasteiger partial charge in [-0.15, -0.1) is 0 Å². The van der Waals surface area contributed by atoms with E-state index in [0.717, 1.165) is 41.4 Å². The van der Waals surface area contributed by atoms with Gasteiger partial charge in [-0.05, 0) is 117 Å². The van der Waals surface area contributed by atoms with E-state index in [1.165, 1.54) is 76.2 Å². The Kier molecular flexibility index (Phi) is 11.1. The lowest BCUT2D eigenvalue weighted by molar-refractivity contribution is -0.118. The molecule has 4 rings (SSSR count). The van der Waals surface area contributed by atoms with Crippen LogP contribution in [0.15, 0.2) is 12.2 Å². The molecule has 0 aliphatic heterocycles. The van der Waals surface area contributed by atoms with Crippen LogP contribution < -0.4 is 0 Å². The van der Waals surface area contributed by atoms with Crippen LogP contribution in [0.5, 0.6) is 0 Å². The molecule has 0 radical (unpaired) electrons. The van der Waals surface area contributed by atoms with Gasteiger partial charge in [-0.1, -0.05) is 93.2 Å². The summed E-state index contributed by atoms with van der Waals surface area (Å²) >= 11 is 0. The zero-order valence-corrected chi connectivity index (χ0v) is 24.4. The highest BCUT2D eigenvalue weighted by molar-refractivity contribution is 5.14. The minimum atomic E-state index is 0.617. The third-order valence-electron chi connectivity index (χ3n) is 11.5. The molecule has 0 heteroatoms. The molecule has 0 aromatic heterocycles. The number of allylic oxidation sites excluding steroid dienone is 1. The van der Waals surface area contributed by atoms with E-state index in [9.17, 15) is 0 Å². The SMILES string of the molecule is C=C(C)C1CCC2(CC)CCC3C(CCC4C3CCC(C)C4(C)CCCCC)C12.CC.CC. The van der Waals surface area contributed by atoms with Gasteiger partial charge in [0.1, 0.15) is 0 Å². The first-order valence-corrected chi connectivity index (χ1v) is 15.5. The van der Waals surface area contributed by atoms with Crippen molar-refractivity contribution >= 4 is 0 Å². The first kappa shape index (κ1) is 29.0. The molecule has 0 heterocycles. The molecular formula is C33H62. The molecule has 0 nitrogen and oxygen atoms in total. The number of hydrogen-bond acceptors (Lipinski definition) is 0. The summed E-state index contributed by atoms with van der Waals surface area (Å²) in [5, 5.41) is 0. The van der Waals surface area contributed by atoms with Crippen molar-refractivity contribution in [2.45, 2.75) is 146 Å². The van der Waals surface area contributed by atoms with Gasteiger partial charge in [0.05, 0.1) is 0 Å². The highest BCUT2D eigenvalue weighted by Crippen LogP contribution is 2.68. The standard InChI is InChI=1S/C29H50.2C2H6/c1-7-9-10-17-28(6)21(5)11-12-24-23-16-19-29(8-2)18-15-22(20(3)4)27(29)25(23)13-14-26(24)28;2*1-2/h21-27H,3,7-19H2,1-2,4-6H3;2*1-2H3. The van der Waals surface area contributed by atoms with Crippen molar-refractivity contribution in [2.24, 2.45) is 52.3 Å². The van der Waals surface area contributed by atoms with Crippen LogP contribution in [-0.2, 0) is 0 Å². The molecule has 4 aliphatic carbocycles. The zero-order valence-electron chi connectivity index (χ0n) is 24.4. The summed E-state index contributed by atoms with van der Waals surface area (Å²) in [6.07, 6.45) is 19.3. The molecule has 0 N–H and O–H groups in total. The molecule has 0 bridgehead atoms. The Bertz CT molecular complexity index is 589. The summed E-state index contributed by atoms with van der Waals surface area (Å²) in [5.41, 5.74) is 2.80. The molecular weight excluding hydrogens is 396 g/mol. The molecule has 9 atom stereocenters. The Morgan fingerprint density at radius 3 is 2.06 bits per heavy atom. The topological polar surface area (TPSA) is 0 Å². The highest BCUT2D eigenvalue weighted by atomic mass is 14.6. The van der Waals surface area contributed by atoms with Crippen molar-refractivity contribution in [1.82, 2.24) is 0 Å². The van der Waals surface area contributed by atoms with E-state index < -0.39 is 0 Å². The summed E-state index contributed by atoms with van der Waals surface area (Å²) < 4.78 is 0. The van der Waals surface area contributed by atoms with Crippen LogP contribution in [0.3, 0.4) is 0 Å². The lowest BCUT2D eigenvalue weighted by Gasteiger charge is -2.61. The van der Waals surface area contributed by atoms with E-state index in [4.69, 9.17) is 0 Å². The maximum Gasteiger partial charge on any atom is -0.0172 e. The predicted molar refractivity (Wildman–Crippen MR) is 150 cm³/mol. The van der Waals surface area contributed by atoms with Crippen LogP contribution >= 0.6 is 0 Å². The van der Waals surface area contributed by atoms with Gasteiger partial charge in [0.2, 0.25) is 0 Å². The lowest BCUT2D eigenvalue weighted by Crippen LogP contribution is -2.53. The fraction of sp³-hybridized carbons (Fsp3) is 0.939. The molecule has 0 aromatic carbocycles. The number of unbranched alkanes of at least 4 members (excludes halogenated alkanes) is 2. The Morgan fingerprint density at radius 1 is 0.818 bits per heavy atom. The predicted octanol–water partition coefficient (Wildman–Crippen LogP) is 11.1. The first-order valence-electron chi connectivity index (χ1n) is 15.5. The highest BCUT2D eigenvalue weighted by Gasteiger charge is 2.60. The normalized spacial score (nSPS) is 43.6. The summed E-state index contributed by atoms with van der Waals surface area (Å²) in [6.45, 7) is 25.0. The van der Waals surface area contributed by atoms with E-state index in [0.29, 0.717) is 10.8 Å². The summed E-state index contributed by atoms with van der Waals surface area (Å²) in [4.78, 5) is 0. The first-order chi connectivity index (χ1) is 15.9. The molecule has 0 amide bonds. The summed E-state index contributed by atoms with van der Waals surface area (Å²) in [6, 6.07) is 0. The van der Waals surface area contributed by atoms with Crippen molar-refractivity contribution in [3.8, 4) is 0 Å². The van der Waals surface area contributed by atoms with Gasteiger partial charge in [0, 0.05) is 0 Å². The number of fused-ring (bicyclic) bond motifs is 5. The van der Waals surface area contributed by atoms with Gasteiger partial charge in [0.25, 0.3) is 0 Å². The zero-order chi connectivity index (χ0) is 24.8. The van der Waals surface area contributed by atoms with Crippen molar-refractivity contribution in [3.63, 3.8) is 0 Å². The summed E-state index contributed by atoms with van der Waals surface area (Å²) in [7, 11) is 0. The minimum Gasteiger partial charge on any atom is -0.0998 e. The molecule has 4 fully saturated rings. The molecule has 33 heavy (non-hydrogen) atoms. The average Bonchev–Trinajstić information content (AvgIpc) is 3.25. The van der Waals surface area contributed by atoms with Gasteiger partial charge in [0.15, 0.2) is 0 Å². The Morgan fingerprint density at radius 2 is 1.45 bits per heavy atom. The number of rotatable bonds is 6. The second-order valence-corrected chi connectivity index (χ2v) is 12.4. The van der Waals surface area contributed by atoms with Crippen LogP contribution in [-0.4, -0.2) is 0 Å². The third kappa shape index (κ3) is 5.31. The van der Waals surface area contributed by atoms with Gasteiger partial charge < -0.3 is 0 Å². The van der Waals surface area contributed by atoms with Gasteiger partial charge in [-0.2, -0.15) is 0 Å². The Hall–Kier alpha value is -0.260. The second-order valence-electron chi connectivity index (χ2n) is 12.4. The van der Waals surface area contributed by atoms with Gasteiger partial charge in [-0.3, -0.25) is 0 Å². The smallest absolute Gasteiger partial charge is 0.0172 e. The summed E-state index contributed by atoms with van der Waals surface area (Å²) in [5.74, 6) is 6.85. The maximum atomic E-state index is 4.49. The molecule has 194 valence electrons. The van der Waals surface area contributed by atoms with Crippen LogP contribution in [0.25, 0.3) is 0 Å². The number of hydrogen-bond donors (Lipinski definition) is 0. The fourth-order valence-corrected chi connectivity index (χ4v) is 9.71. The largest absolute Gasteiger partial charge is 0.0998 e. The van der Waals surface area contributed by atoms with E-state index in [-0.39, 0.29) is 0 Å². The maximum absolute atomic E-state index is 4.49. The van der Waals surface area contributed by atoms with E-state index in [1.807, 2.05) is 27.7 Å². The monoisotopic (exact) mass is 458 g/mol. The second kappa shape index (κ2) is 12.6. The van der Waals surface area contributed by atoms with E-state index >= 15 is 0 Å². The molecule has 9 unspecified atom stereocenters. The van der Waals surface area contributed by atoms with E-state index in [2.05, 4.69) is 41.2 Å². The quantitative estimate of drug-likeness (QED) is 0.274. The van der Waals surface area contributed by atoms with E-state index in [1.54, 1.807) is 12.8 Å². The lowest BCUT2D eigenvalue weighted by atomic mass is 9.44. The fourth-order valence-electron chi connectivity index (χ4n) is 9.71. The van der Waals surface area contributed by atoms with Crippen LogP contribution in [0, 0.1) is 52.3 Å². The van der Waals surface area contributed by atoms with Crippen molar-refractivity contribution in [3.05, 3.63) is 12.2 Å². The van der Waals surface area contributed by atoms with Crippen molar-refractivity contribution in [1.29, 1.82) is 0 Å². The third-order valence-corrected chi connectivity index (χ3v) is 11.5. The Labute approximate surface area is 210 Å². The molecule has 0 spiro atoms. The molecule has 0 aromatic rings. The van der Waals surface area contributed by atoms with Crippen LogP contribution in [0.1, 0.15) is 146 Å². The minimum absolute atomic E-state index is 0.617. The molecule has 0 saturated heterocycles. The molecule has 4 saturated carbocycles. The molecule has 4 aliphatic rings. The van der Waals surface area contributed by atoms with Crippen molar-refractivity contribution < 1.29 is 0 Å². The van der Waals surface area contributed by atoms with Crippen molar-refractivity contribution in [2.75, 3.05) is 0 Å². The average molecular weight is 459 g/mol. The van der Waals surface area contributed by atoms with Crippen LogP contribution in [0.4, 0.5) is 0 Å².